The van der Waals surface area contributed by atoms with E-state index in [2.05, 4.69) is 70.7 Å². The van der Waals surface area contributed by atoms with Crippen molar-refractivity contribution in [3.05, 3.63) is 101 Å². The summed E-state index contributed by atoms with van der Waals surface area (Å²) in [7, 11) is 0. The van der Waals surface area contributed by atoms with E-state index in [-0.39, 0.29) is 23.8 Å². The number of aromatic nitrogens is 1. The molecule has 2 atom stereocenters. The van der Waals surface area contributed by atoms with E-state index in [0.717, 1.165) is 48.0 Å². The van der Waals surface area contributed by atoms with E-state index < -0.39 is 0 Å². The molecular formula is C29H28N2O2. The van der Waals surface area contributed by atoms with Crippen molar-refractivity contribution in [2.45, 2.75) is 44.2 Å². The Morgan fingerprint density at radius 2 is 1.85 bits per heavy atom. The van der Waals surface area contributed by atoms with Crippen LogP contribution >= 0.6 is 0 Å². The number of hydrogen-bond acceptors (Lipinski definition) is 2. The summed E-state index contributed by atoms with van der Waals surface area (Å²) in [6, 6.07) is 25.0. The van der Waals surface area contributed by atoms with Crippen molar-refractivity contribution in [1.82, 2.24) is 4.57 Å². The first-order chi connectivity index (χ1) is 16.2. The minimum Gasteiger partial charge on any atom is -0.392 e. The highest BCUT2D eigenvalue weighted by Crippen LogP contribution is 2.60. The number of fused-ring (bicyclic) bond motifs is 3. The van der Waals surface area contributed by atoms with Gasteiger partial charge in [0, 0.05) is 29.8 Å². The van der Waals surface area contributed by atoms with Crippen LogP contribution in [0.1, 0.15) is 41.5 Å². The van der Waals surface area contributed by atoms with Crippen LogP contribution in [0.3, 0.4) is 0 Å². The molecule has 2 aliphatic carbocycles. The number of benzene rings is 3. The second kappa shape index (κ2) is 7.89. The number of carbonyl (C=O) groups is 1. The van der Waals surface area contributed by atoms with Gasteiger partial charge in [0.25, 0.3) is 0 Å². The van der Waals surface area contributed by atoms with Gasteiger partial charge >= 0.3 is 0 Å². The molecule has 1 aromatic heterocycles. The molecule has 2 N–H and O–H groups in total. The van der Waals surface area contributed by atoms with E-state index in [1.807, 2.05) is 18.2 Å². The number of rotatable bonds is 5. The molecule has 6 rings (SSSR count). The van der Waals surface area contributed by atoms with E-state index in [9.17, 15) is 9.90 Å². The molecule has 0 radical (unpaired) electrons. The Kier molecular flexibility index (Phi) is 4.84. The molecule has 2 aliphatic rings. The van der Waals surface area contributed by atoms with Gasteiger partial charge in [-0.15, -0.1) is 0 Å². The highest BCUT2D eigenvalue weighted by Gasteiger charge is 2.60. The van der Waals surface area contributed by atoms with Crippen molar-refractivity contribution < 1.29 is 9.90 Å². The average molecular weight is 437 g/mol. The number of anilines is 1. The number of amides is 1. The molecule has 2 unspecified atom stereocenters. The fourth-order valence-electron chi connectivity index (χ4n) is 5.75. The smallest absolute Gasteiger partial charge is 0.228 e. The second-order valence-electron chi connectivity index (χ2n) is 9.60. The molecule has 1 amide bonds. The van der Waals surface area contributed by atoms with Crippen LogP contribution in [0.4, 0.5) is 5.69 Å². The Bertz CT molecular complexity index is 1340. The van der Waals surface area contributed by atoms with Crippen LogP contribution in [0.25, 0.3) is 10.9 Å². The predicted molar refractivity (Wildman–Crippen MR) is 131 cm³/mol. The van der Waals surface area contributed by atoms with Crippen molar-refractivity contribution in [1.29, 1.82) is 0 Å². The van der Waals surface area contributed by atoms with Crippen molar-refractivity contribution in [3.63, 3.8) is 0 Å². The molecule has 0 aliphatic heterocycles. The Balaban J connectivity index is 1.21. The lowest BCUT2D eigenvalue weighted by Gasteiger charge is -2.26. The number of carbonyl (C=O) groups excluding carboxylic acids is 1. The Labute approximate surface area is 193 Å². The van der Waals surface area contributed by atoms with Crippen molar-refractivity contribution in [2.24, 2.45) is 5.92 Å². The minimum atomic E-state index is 0.0456. The number of nitrogens with zero attached hydrogens (tertiary/aromatic N) is 1. The molecular weight excluding hydrogens is 408 g/mol. The lowest BCUT2D eigenvalue weighted by Crippen LogP contribution is -2.24. The molecule has 4 aromatic rings. The van der Waals surface area contributed by atoms with Crippen LogP contribution in [0.5, 0.6) is 0 Å². The maximum Gasteiger partial charge on any atom is 0.228 e. The quantitative estimate of drug-likeness (QED) is 0.439. The van der Waals surface area contributed by atoms with Crippen LogP contribution in [-0.4, -0.2) is 15.6 Å². The highest BCUT2D eigenvalue weighted by atomic mass is 16.3. The van der Waals surface area contributed by atoms with E-state index in [0.29, 0.717) is 0 Å². The molecule has 4 nitrogen and oxygen atoms in total. The fourth-order valence-corrected chi connectivity index (χ4v) is 5.75. The van der Waals surface area contributed by atoms with Gasteiger partial charge < -0.3 is 15.0 Å². The Hall–Kier alpha value is -3.37. The summed E-state index contributed by atoms with van der Waals surface area (Å²) in [5.74, 6) is 0.204. The Morgan fingerprint density at radius 3 is 2.70 bits per heavy atom. The first-order valence-electron chi connectivity index (χ1n) is 11.8. The fraction of sp³-hybridized carbons (Fsp3) is 0.276. The number of aryl methyl sites for hydroxylation is 1. The van der Waals surface area contributed by atoms with Crippen LogP contribution in [0, 0.1) is 5.92 Å². The van der Waals surface area contributed by atoms with Gasteiger partial charge in [0.2, 0.25) is 5.91 Å². The molecule has 4 heteroatoms. The van der Waals surface area contributed by atoms with Crippen molar-refractivity contribution in [3.8, 4) is 0 Å². The summed E-state index contributed by atoms with van der Waals surface area (Å²) in [6.07, 6.45) is 6.45. The molecule has 1 saturated carbocycles. The maximum atomic E-state index is 13.2. The molecule has 166 valence electrons. The highest BCUT2D eigenvalue weighted by molar-refractivity contribution is 5.98. The summed E-state index contributed by atoms with van der Waals surface area (Å²) in [6.45, 7) is 0.804. The van der Waals surface area contributed by atoms with Crippen LogP contribution in [0.2, 0.25) is 0 Å². The van der Waals surface area contributed by atoms with Gasteiger partial charge in [-0.1, -0.05) is 54.6 Å². The van der Waals surface area contributed by atoms with Crippen LogP contribution < -0.4 is 5.32 Å². The minimum absolute atomic E-state index is 0.0456. The van der Waals surface area contributed by atoms with Crippen molar-refractivity contribution >= 4 is 22.5 Å². The monoisotopic (exact) mass is 436 g/mol. The first-order valence-corrected chi connectivity index (χ1v) is 11.8. The second-order valence-corrected chi connectivity index (χ2v) is 9.60. The number of nitrogens with one attached hydrogen (secondary N) is 1. The van der Waals surface area contributed by atoms with Crippen molar-refractivity contribution in [2.75, 3.05) is 5.32 Å². The van der Waals surface area contributed by atoms with E-state index in [1.54, 1.807) is 0 Å². The van der Waals surface area contributed by atoms with Gasteiger partial charge in [-0.25, -0.2) is 0 Å². The van der Waals surface area contributed by atoms with E-state index >= 15 is 0 Å². The van der Waals surface area contributed by atoms with Gasteiger partial charge in [-0.3, -0.25) is 4.79 Å². The molecule has 3 aromatic carbocycles. The summed E-state index contributed by atoms with van der Waals surface area (Å²) in [5.41, 5.74) is 6.92. The van der Waals surface area contributed by atoms with Gasteiger partial charge in [0.05, 0.1) is 12.1 Å². The zero-order valence-electron chi connectivity index (χ0n) is 18.6. The zero-order chi connectivity index (χ0) is 22.4. The standard InChI is InChI=1S/C29H28N2O2/c32-19-21-9-7-20(8-10-21)18-31-15-13-23-11-12-24(16-27(23)31)30-28(33)26-17-29(26)14-3-5-22-4-1-2-6-25(22)29/h1-2,4,6-13,15-16,26,32H,3,5,14,17-19H2,(H,30,33). The van der Waals surface area contributed by atoms with Crippen LogP contribution in [-0.2, 0) is 29.8 Å². The lowest BCUT2D eigenvalue weighted by atomic mass is 9.78. The third-order valence-electron chi connectivity index (χ3n) is 7.61. The van der Waals surface area contributed by atoms with Gasteiger partial charge in [0.1, 0.15) is 0 Å². The van der Waals surface area contributed by atoms with Gasteiger partial charge in [-0.2, -0.15) is 0 Å². The molecule has 0 saturated heterocycles. The zero-order valence-corrected chi connectivity index (χ0v) is 18.6. The molecule has 1 spiro atoms. The third-order valence-corrected chi connectivity index (χ3v) is 7.61. The number of hydrogen-bond donors (Lipinski definition) is 2. The summed E-state index contributed by atoms with van der Waals surface area (Å²) < 4.78 is 2.20. The van der Waals surface area contributed by atoms with Gasteiger partial charge in [0.15, 0.2) is 0 Å². The molecule has 33 heavy (non-hydrogen) atoms. The topological polar surface area (TPSA) is 54.3 Å². The number of aliphatic hydroxyl groups excluding tert-OH is 1. The first kappa shape index (κ1) is 20.3. The molecule has 0 bridgehead atoms. The number of aliphatic hydroxyl groups is 1. The maximum absolute atomic E-state index is 13.2. The lowest BCUT2D eigenvalue weighted by molar-refractivity contribution is -0.117. The Morgan fingerprint density at radius 1 is 1.03 bits per heavy atom. The predicted octanol–water partition coefficient (Wildman–Crippen LogP) is 5.41. The molecule has 1 fully saturated rings. The third kappa shape index (κ3) is 3.55. The summed E-state index contributed by atoms with van der Waals surface area (Å²) >= 11 is 0. The normalized spacial score (nSPS) is 21.2. The average Bonchev–Trinajstić information content (AvgIpc) is 3.44. The molecule has 1 heterocycles. The van der Waals surface area contributed by atoms with Crippen LogP contribution in [0.15, 0.2) is 79.0 Å². The summed E-state index contributed by atoms with van der Waals surface area (Å²) in [4.78, 5) is 13.2. The van der Waals surface area contributed by atoms with E-state index in [1.165, 1.54) is 23.1 Å². The SMILES string of the molecule is O=C(Nc1ccc2ccn(Cc3ccc(CO)cc3)c2c1)C1CC12CCCc1ccccc12. The van der Waals surface area contributed by atoms with E-state index in [4.69, 9.17) is 0 Å². The van der Waals surface area contributed by atoms with Gasteiger partial charge in [-0.05, 0) is 71.5 Å². The summed E-state index contributed by atoms with van der Waals surface area (Å²) in [5, 5.41) is 13.6. The largest absolute Gasteiger partial charge is 0.392 e.